The van der Waals surface area contributed by atoms with E-state index < -0.39 is 11.0 Å². The van der Waals surface area contributed by atoms with E-state index in [4.69, 9.17) is 19.0 Å². The van der Waals surface area contributed by atoms with E-state index >= 15 is 0 Å². The minimum Gasteiger partial charge on any atom is -0.495 e. The second-order valence-electron chi connectivity index (χ2n) is 7.74. The predicted octanol–water partition coefficient (Wildman–Crippen LogP) is 2.79. The smallest absolute Gasteiger partial charge is 0.222 e. The van der Waals surface area contributed by atoms with Crippen molar-refractivity contribution in [1.82, 2.24) is 9.79 Å². The molecule has 0 aliphatic carbocycles. The highest BCUT2D eigenvalue weighted by atomic mass is 32.2. The van der Waals surface area contributed by atoms with Gasteiger partial charge in [0.15, 0.2) is 11.0 Å². The summed E-state index contributed by atoms with van der Waals surface area (Å²) in [6.45, 7) is 4.34. The van der Waals surface area contributed by atoms with Gasteiger partial charge >= 0.3 is 0 Å². The van der Waals surface area contributed by atoms with E-state index in [9.17, 15) is 9.00 Å². The van der Waals surface area contributed by atoms with Crippen LogP contribution in [-0.2, 0) is 20.6 Å². The molecule has 0 aromatic heterocycles. The van der Waals surface area contributed by atoms with Gasteiger partial charge in [-0.05, 0) is 30.3 Å². The maximum Gasteiger partial charge on any atom is 0.222 e. The highest BCUT2D eigenvalue weighted by Crippen LogP contribution is 2.41. The molecule has 0 saturated carbocycles. The van der Waals surface area contributed by atoms with Crippen molar-refractivity contribution < 1.29 is 28.1 Å². The second-order valence-corrected chi connectivity index (χ2v) is 8.89. The van der Waals surface area contributed by atoms with Crippen LogP contribution in [0.5, 0.6) is 17.2 Å². The zero-order chi connectivity index (χ0) is 23.4. The first-order valence-corrected chi connectivity index (χ1v) is 12.1. The first-order chi connectivity index (χ1) is 16.0. The lowest BCUT2D eigenvalue weighted by molar-refractivity contribution is -0.130. The van der Waals surface area contributed by atoms with E-state index in [-0.39, 0.29) is 12.0 Å². The molecule has 4 rings (SSSR count). The number of methoxy groups -OCH3 is 1. The summed E-state index contributed by atoms with van der Waals surface area (Å²) in [5.74, 6) is 2.12. The molecule has 2 atom stereocenters. The molecule has 178 valence electrons. The molecular weight excluding hydrogens is 446 g/mol. The Balaban J connectivity index is 1.58. The van der Waals surface area contributed by atoms with Crippen molar-refractivity contribution in [2.24, 2.45) is 0 Å². The van der Waals surface area contributed by atoms with E-state index in [0.717, 1.165) is 35.8 Å². The van der Waals surface area contributed by atoms with Gasteiger partial charge in [0.1, 0.15) is 34.9 Å². The lowest BCUT2D eigenvalue weighted by atomic mass is 10.2. The number of ether oxygens (including phenoxy) is 3. The van der Waals surface area contributed by atoms with Crippen LogP contribution >= 0.6 is 0 Å². The van der Waals surface area contributed by atoms with Crippen LogP contribution in [0.2, 0.25) is 0 Å². The monoisotopic (exact) mass is 475 g/mol. The normalized spacial score (nSPS) is 18.5. The fourth-order valence-electron chi connectivity index (χ4n) is 4.10. The maximum absolute atomic E-state index is 12.6. The molecular formula is C23H29N3O6S. The third-order valence-corrected chi connectivity index (χ3v) is 6.75. The van der Waals surface area contributed by atoms with Crippen LogP contribution < -0.4 is 24.0 Å². The van der Waals surface area contributed by atoms with Crippen molar-refractivity contribution in [1.29, 1.82) is 0 Å². The van der Waals surface area contributed by atoms with Crippen molar-refractivity contribution in [2.75, 3.05) is 45.4 Å². The molecule has 2 unspecified atom stereocenters. The Bertz CT molecular complexity index is 1030. The Morgan fingerprint density at radius 3 is 2.82 bits per heavy atom. The number of likely N-dealkylation sites (tertiary alicyclic amines) is 1. The van der Waals surface area contributed by atoms with Gasteiger partial charge in [-0.15, -0.1) is 4.89 Å². The summed E-state index contributed by atoms with van der Waals surface area (Å²) >= 11 is 0. The Kier molecular flexibility index (Phi) is 7.36. The van der Waals surface area contributed by atoms with E-state index in [1.54, 1.807) is 6.07 Å². The van der Waals surface area contributed by atoms with Gasteiger partial charge in [0.25, 0.3) is 0 Å². The highest BCUT2D eigenvalue weighted by Gasteiger charge is 2.28. The number of anilines is 2. The lowest BCUT2D eigenvalue weighted by Gasteiger charge is -2.32. The van der Waals surface area contributed by atoms with Crippen molar-refractivity contribution in [3.63, 3.8) is 0 Å². The molecule has 0 spiro atoms. The van der Waals surface area contributed by atoms with Crippen LogP contribution in [0.1, 0.15) is 19.8 Å². The molecule has 0 radical (unpaired) electrons. The molecule has 1 N–H and O–H groups in total. The standard InChI is InChI=1S/C23H29N3O6S/c1-4-23(27)25-10-9-18(15-25)32-17-6-8-20-19(14-17)26(11-12-31-20)16-5-7-21(29-2)22(13-16)33(28)24-30-3/h5-8,13-14,18,24H,4,9-12,15H2,1-3H3. The molecule has 2 heterocycles. The Morgan fingerprint density at radius 1 is 1.21 bits per heavy atom. The van der Waals surface area contributed by atoms with E-state index in [1.165, 1.54) is 14.2 Å². The third-order valence-electron chi connectivity index (χ3n) is 5.71. The molecule has 9 nitrogen and oxygen atoms in total. The summed E-state index contributed by atoms with van der Waals surface area (Å²) in [5, 5.41) is 0. The van der Waals surface area contributed by atoms with E-state index in [0.29, 0.717) is 36.8 Å². The molecule has 1 saturated heterocycles. The van der Waals surface area contributed by atoms with Crippen LogP contribution in [0.3, 0.4) is 0 Å². The SMILES string of the molecule is CCC(=O)N1CCC(Oc2ccc3c(c2)N(c2ccc(OC)c(S(=O)NOC)c2)CCO3)C1. The summed E-state index contributed by atoms with van der Waals surface area (Å²) in [4.78, 5) is 23.7. The van der Waals surface area contributed by atoms with Gasteiger partial charge in [-0.25, -0.2) is 4.21 Å². The van der Waals surface area contributed by atoms with Gasteiger partial charge in [-0.1, -0.05) is 6.92 Å². The number of nitrogens with zero attached hydrogens (tertiary/aromatic N) is 2. The summed E-state index contributed by atoms with van der Waals surface area (Å²) in [6.07, 6.45) is 1.28. The van der Waals surface area contributed by atoms with Crippen molar-refractivity contribution >= 4 is 28.3 Å². The van der Waals surface area contributed by atoms with Crippen molar-refractivity contribution in [3.8, 4) is 17.2 Å². The van der Waals surface area contributed by atoms with Crippen molar-refractivity contribution in [2.45, 2.75) is 30.8 Å². The van der Waals surface area contributed by atoms with Crippen LogP contribution in [0, 0.1) is 0 Å². The number of rotatable bonds is 8. The van der Waals surface area contributed by atoms with Gasteiger partial charge in [0.05, 0.1) is 33.0 Å². The van der Waals surface area contributed by atoms with Crippen LogP contribution in [0.25, 0.3) is 0 Å². The molecule has 2 aliphatic heterocycles. The Morgan fingerprint density at radius 2 is 2.06 bits per heavy atom. The molecule has 2 aromatic carbocycles. The highest BCUT2D eigenvalue weighted by molar-refractivity contribution is 7.83. The molecule has 33 heavy (non-hydrogen) atoms. The largest absolute Gasteiger partial charge is 0.495 e. The average Bonchev–Trinajstić information content (AvgIpc) is 3.31. The number of hydrogen-bond acceptors (Lipinski definition) is 7. The zero-order valence-corrected chi connectivity index (χ0v) is 19.9. The Hall–Kier alpha value is -2.82. The first kappa shape index (κ1) is 23.3. The van der Waals surface area contributed by atoms with E-state index in [1.807, 2.05) is 42.2 Å². The molecule has 2 aromatic rings. The van der Waals surface area contributed by atoms with Crippen LogP contribution in [0.4, 0.5) is 11.4 Å². The topological polar surface area (TPSA) is 89.6 Å². The molecule has 0 bridgehead atoms. The molecule has 10 heteroatoms. The van der Waals surface area contributed by atoms with Crippen molar-refractivity contribution in [3.05, 3.63) is 36.4 Å². The van der Waals surface area contributed by atoms with Gasteiger partial charge in [-0.3, -0.25) is 9.63 Å². The molecule has 1 amide bonds. The van der Waals surface area contributed by atoms with Crippen LogP contribution in [-0.4, -0.2) is 61.6 Å². The summed E-state index contributed by atoms with van der Waals surface area (Å²) in [6, 6.07) is 11.3. The minimum atomic E-state index is -1.60. The average molecular weight is 476 g/mol. The lowest BCUT2D eigenvalue weighted by Crippen LogP contribution is -2.30. The van der Waals surface area contributed by atoms with Gasteiger partial charge in [0.2, 0.25) is 5.91 Å². The number of amides is 1. The summed E-state index contributed by atoms with van der Waals surface area (Å²) in [7, 11) is 1.35. The molecule has 1 fully saturated rings. The predicted molar refractivity (Wildman–Crippen MR) is 124 cm³/mol. The Labute approximate surface area is 196 Å². The first-order valence-electron chi connectivity index (χ1n) is 10.9. The third kappa shape index (κ3) is 5.07. The van der Waals surface area contributed by atoms with Gasteiger partial charge < -0.3 is 24.0 Å². The second kappa shape index (κ2) is 10.4. The maximum atomic E-state index is 12.6. The number of carbonyl (C=O) groups is 1. The molecule has 2 aliphatic rings. The van der Waals surface area contributed by atoms with Gasteiger partial charge in [0, 0.05) is 31.1 Å². The fraction of sp³-hybridized carbons (Fsp3) is 0.435. The van der Waals surface area contributed by atoms with Gasteiger partial charge in [-0.2, -0.15) is 0 Å². The quantitative estimate of drug-likeness (QED) is 0.587. The number of nitrogens with one attached hydrogen (secondary N) is 1. The summed E-state index contributed by atoms with van der Waals surface area (Å²) in [5.41, 5.74) is 1.71. The number of carbonyl (C=O) groups excluding carboxylic acids is 1. The zero-order valence-electron chi connectivity index (χ0n) is 19.0. The fourth-order valence-corrected chi connectivity index (χ4v) is 4.91. The number of benzene rings is 2. The number of fused-ring (bicyclic) bond motifs is 1. The number of hydrogen-bond donors (Lipinski definition) is 1. The van der Waals surface area contributed by atoms with Crippen LogP contribution in [0.15, 0.2) is 41.3 Å². The summed E-state index contributed by atoms with van der Waals surface area (Å²) < 4.78 is 30.0. The minimum absolute atomic E-state index is 0.0355. The van der Waals surface area contributed by atoms with E-state index in [2.05, 4.69) is 9.79 Å².